The number of hydrogen-bond acceptors (Lipinski definition) is 2. The quantitative estimate of drug-likeness (QED) is 0.885. The monoisotopic (exact) mass is 343 g/mol. The Morgan fingerprint density at radius 3 is 2.67 bits per heavy atom. The van der Waals surface area contributed by atoms with Crippen molar-refractivity contribution in [1.82, 2.24) is 4.90 Å². The Balaban J connectivity index is 2.06. The predicted octanol–water partition coefficient (Wildman–Crippen LogP) is 3.13. The molecule has 0 saturated carbocycles. The van der Waals surface area contributed by atoms with E-state index in [1.54, 1.807) is 0 Å². The van der Waals surface area contributed by atoms with E-state index in [9.17, 15) is 22.8 Å². The molecule has 1 aliphatic rings. The molecule has 5 nitrogen and oxygen atoms in total. The molecular weight excluding hydrogens is 323 g/mol. The number of hydrogen-bond donors (Lipinski definition) is 2. The molecule has 1 aromatic rings. The molecule has 1 heterocycles. The van der Waals surface area contributed by atoms with Crippen molar-refractivity contribution in [2.75, 3.05) is 18.4 Å². The number of urea groups is 1. The number of carbonyl (C=O) groups excluding carboxylic acids is 2. The van der Waals surface area contributed by atoms with Gasteiger partial charge in [-0.2, -0.15) is 13.2 Å². The van der Waals surface area contributed by atoms with Crippen LogP contribution >= 0.6 is 0 Å². The average Bonchev–Trinajstić information content (AvgIpc) is 2.45. The molecule has 1 atom stereocenters. The Bertz CT molecular complexity index is 631. The van der Waals surface area contributed by atoms with Crippen LogP contribution in [-0.4, -0.2) is 29.9 Å². The van der Waals surface area contributed by atoms with Crippen molar-refractivity contribution in [1.29, 1.82) is 0 Å². The Kier molecular flexibility index (Phi) is 5.36. The van der Waals surface area contributed by atoms with Gasteiger partial charge >= 0.3 is 12.2 Å². The van der Waals surface area contributed by atoms with Crippen LogP contribution in [0.2, 0.25) is 0 Å². The molecule has 1 saturated heterocycles. The number of piperidine rings is 1. The lowest BCUT2D eigenvalue weighted by molar-refractivity contribution is -0.137. The fourth-order valence-corrected chi connectivity index (χ4v) is 2.92. The van der Waals surface area contributed by atoms with Gasteiger partial charge in [-0.25, -0.2) is 4.79 Å². The van der Waals surface area contributed by atoms with Crippen molar-refractivity contribution in [2.24, 2.45) is 11.7 Å². The van der Waals surface area contributed by atoms with E-state index >= 15 is 0 Å². The minimum Gasteiger partial charge on any atom is -0.370 e. The molecule has 0 aromatic heterocycles. The summed E-state index contributed by atoms with van der Waals surface area (Å²) in [5.74, 6) is -0.430. The Morgan fingerprint density at radius 2 is 2.04 bits per heavy atom. The van der Waals surface area contributed by atoms with Gasteiger partial charge in [0.1, 0.15) is 0 Å². The molecule has 1 aromatic carbocycles. The van der Waals surface area contributed by atoms with Crippen molar-refractivity contribution < 1.29 is 22.8 Å². The summed E-state index contributed by atoms with van der Waals surface area (Å²) in [6, 6.07) is 2.95. The summed E-state index contributed by atoms with van der Waals surface area (Å²) in [7, 11) is 0. The van der Waals surface area contributed by atoms with Gasteiger partial charge in [0, 0.05) is 25.2 Å². The highest BCUT2D eigenvalue weighted by atomic mass is 19.4. The number of benzene rings is 1. The van der Waals surface area contributed by atoms with Crippen LogP contribution in [0.15, 0.2) is 18.2 Å². The van der Waals surface area contributed by atoms with Gasteiger partial charge in [0.2, 0.25) is 5.91 Å². The minimum atomic E-state index is -4.47. The first-order valence-corrected chi connectivity index (χ1v) is 7.68. The summed E-state index contributed by atoms with van der Waals surface area (Å²) in [4.78, 5) is 24.8. The van der Waals surface area contributed by atoms with Gasteiger partial charge in [-0.3, -0.25) is 4.79 Å². The lowest BCUT2D eigenvalue weighted by Gasteiger charge is -2.32. The van der Waals surface area contributed by atoms with Crippen LogP contribution in [0.4, 0.5) is 23.7 Å². The number of carbonyl (C=O) groups is 2. The van der Waals surface area contributed by atoms with Gasteiger partial charge in [0.05, 0.1) is 5.56 Å². The third kappa shape index (κ3) is 4.87. The largest absolute Gasteiger partial charge is 0.416 e. The molecule has 8 heteroatoms. The topological polar surface area (TPSA) is 75.4 Å². The van der Waals surface area contributed by atoms with E-state index < -0.39 is 23.7 Å². The number of nitrogens with one attached hydrogen (secondary N) is 1. The van der Waals surface area contributed by atoms with Crippen LogP contribution in [0, 0.1) is 12.8 Å². The van der Waals surface area contributed by atoms with Crippen LogP contribution in [0.1, 0.15) is 30.4 Å². The van der Waals surface area contributed by atoms with Gasteiger partial charge in [-0.1, -0.05) is 0 Å². The molecule has 0 spiro atoms. The zero-order chi connectivity index (χ0) is 17.9. The third-order valence-electron chi connectivity index (χ3n) is 3.95. The SMILES string of the molecule is Cc1cc(NC(=O)N2CCC[C@@H](CC(N)=O)C2)cc(C(F)(F)F)c1. The van der Waals surface area contributed by atoms with Crippen LogP contribution in [0.3, 0.4) is 0 Å². The molecular formula is C16H20F3N3O2. The van der Waals surface area contributed by atoms with Crippen molar-refractivity contribution in [3.63, 3.8) is 0 Å². The van der Waals surface area contributed by atoms with Crippen LogP contribution < -0.4 is 11.1 Å². The minimum absolute atomic E-state index is 0.00903. The first-order chi connectivity index (χ1) is 11.1. The van der Waals surface area contributed by atoms with Gasteiger partial charge in [0.15, 0.2) is 0 Å². The smallest absolute Gasteiger partial charge is 0.370 e. The lowest BCUT2D eigenvalue weighted by Crippen LogP contribution is -2.43. The van der Waals surface area contributed by atoms with Gasteiger partial charge in [-0.05, 0) is 49.4 Å². The normalized spacial score (nSPS) is 18.3. The molecule has 24 heavy (non-hydrogen) atoms. The van der Waals surface area contributed by atoms with Crippen molar-refractivity contribution >= 4 is 17.6 Å². The summed E-state index contributed by atoms with van der Waals surface area (Å²) in [5.41, 5.74) is 4.88. The highest BCUT2D eigenvalue weighted by Crippen LogP contribution is 2.32. The number of nitrogens with zero attached hydrogens (tertiary/aromatic N) is 1. The second-order valence-electron chi connectivity index (χ2n) is 6.14. The molecule has 132 valence electrons. The number of anilines is 1. The summed E-state index contributed by atoms with van der Waals surface area (Å²) < 4.78 is 38.5. The van der Waals surface area contributed by atoms with E-state index in [1.807, 2.05) is 0 Å². The van der Waals surface area contributed by atoms with E-state index in [0.717, 1.165) is 25.0 Å². The average molecular weight is 343 g/mol. The summed E-state index contributed by atoms with van der Waals surface area (Å²) >= 11 is 0. The number of aryl methyl sites for hydroxylation is 1. The number of rotatable bonds is 3. The molecule has 0 aliphatic carbocycles. The van der Waals surface area contributed by atoms with E-state index in [-0.39, 0.29) is 18.0 Å². The van der Waals surface area contributed by atoms with Gasteiger partial charge in [-0.15, -0.1) is 0 Å². The maximum atomic E-state index is 12.8. The second-order valence-corrected chi connectivity index (χ2v) is 6.14. The second kappa shape index (κ2) is 7.11. The van der Waals surface area contributed by atoms with Crippen molar-refractivity contribution in [3.8, 4) is 0 Å². The van der Waals surface area contributed by atoms with E-state index in [2.05, 4.69) is 5.32 Å². The van der Waals surface area contributed by atoms with Crippen molar-refractivity contribution in [2.45, 2.75) is 32.4 Å². The fourth-order valence-electron chi connectivity index (χ4n) is 2.92. The van der Waals surface area contributed by atoms with Crippen LogP contribution in [0.5, 0.6) is 0 Å². The number of primary amides is 1. The molecule has 1 aliphatic heterocycles. The van der Waals surface area contributed by atoms with Crippen LogP contribution in [0.25, 0.3) is 0 Å². The fraction of sp³-hybridized carbons (Fsp3) is 0.500. The molecule has 3 N–H and O–H groups in total. The maximum Gasteiger partial charge on any atom is 0.416 e. The molecule has 2 rings (SSSR count). The Labute approximate surface area is 138 Å². The van der Waals surface area contributed by atoms with E-state index in [0.29, 0.717) is 18.7 Å². The Morgan fingerprint density at radius 1 is 1.33 bits per heavy atom. The number of amides is 3. The number of likely N-dealkylation sites (tertiary alicyclic amines) is 1. The highest BCUT2D eigenvalue weighted by Gasteiger charge is 2.31. The summed E-state index contributed by atoms with van der Waals surface area (Å²) in [6.07, 6.45) is -2.74. The maximum absolute atomic E-state index is 12.8. The number of nitrogens with two attached hydrogens (primary N) is 1. The predicted molar refractivity (Wildman–Crippen MR) is 83.3 cm³/mol. The molecule has 0 radical (unpaired) electrons. The third-order valence-corrected chi connectivity index (χ3v) is 3.95. The molecule has 0 bridgehead atoms. The van der Waals surface area contributed by atoms with Crippen LogP contribution in [-0.2, 0) is 11.0 Å². The number of alkyl halides is 3. The zero-order valence-corrected chi connectivity index (χ0v) is 13.3. The van der Waals surface area contributed by atoms with Crippen molar-refractivity contribution in [3.05, 3.63) is 29.3 Å². The summed E-state index contributed by atoms with van der Waals surface area (Å²) in [5, 5.41) is 2.51. The molecule has 3 amide bonds. The lowest BCUT2D eigenvalue weighted by atomic mass is 9.95. The Hall–Kier alpha value is -2.25. The number of halogens is 3. The first kappa shape index (κ1) is 18.1. The zero-order valence-electron chi connectivity index (χ0n) is 13.3. The molecule has 0 unspecified atom stereocenters. The first-order valence-electron chi connectivity index (χ1n) is 7.68. The highest BCUT2D eigenvalue weighted by molar-refractivity contribution is 5.89. The van der Waals surface area contributed by atoms with E-state index in [4.69, 9.17) is 5.73 Å². The van der Waals surface area contributed by atoms with E-state index in [1.165, 1.54) is 17.9 Å². The van der Waals surface area contributed by atoms with Gasteiger partial charge < -0.3 is 16.0 Å². The summed E-state index contributed by atoms with van der Waals surface area (Å²) in [6.45, 7) is 2.40. The standard InChI is InChI=1S/C16H20F3N3O2/c1-10-5-12(16(17,18)19)8-13(6-10)21-15(24)22-4-2-3-11(9-22)7-14(20)23/h5-6,8,11H,2-4,7,9H2,1H3,(H2,20,23)(H,21,24)/t11-/m0/s1. The molecule has 1 fully saturated rings. The van der Waals surface area contributed by atoms with Gasteiger partial charge in [0.25, 0.3) is 0 Å².